The maximum Gasteiger partial charge on any atom is 0.417 e. The third-order valence-corrected chi connectivity index (χ3v) is 6.86. The van der Waals surface area contributed by atoms with E-state index in [1.807, 2.05) is 6.07 Å². The summed E-state index contributed by atoms with van der Waals surface area (Å²) in [6, 6.07) is 18.4. The fourth-order valence-electron chi connectivity index (χ4n) is 4.84. The van der Waals surface area contributed by atoms with Gasteiger partial charge in [0, 0.05) is 11.7 Å². The highest BCUT2D eigenvalue weighted by Crippen LogP contribution is 2.38. The summed E-state index contributed by atoms with van der Waals surface area (Å²) in [6.45, 7) is 6.28. The maximum absolute atomic E-state index is 13.9. The van der Waals surface area contributed by atoms with Crippen LogP contribution in [0.5, 0.6) is 5.75 Å². The van der Waals surface area contributed by atoms with E-state index in [2.05, 4.69) is 24.1 Å². The Kier molecular flexibility index (Phi) is 7.69. The van der Waals surface area contributed by atoms with E-state index >= 15 is 0 Å². The molecule has 0 saturated carbocycles. The molecule has 7 heteroatoms. The number of amides is 1. The van der Waals surface area contributed by atoms with Gasteiger partial charge in [0.1, 0.15) is 5.75 Å². The molecule has 0 spiro atoms. The number of nitrogens with one attached hydrogen (secondary N) is 1. The summed E-state index contributed by atoms with van der Waals surface area (Å²) < 4.78 is 47.4. The second-order valence-electron chi connectivity index (χ2n) is 9.44. The van der Waals surface area contributed by atoms with Crippen molar-refractivity contribution in [2.75, 3.05) is 25.5 Å². The molecular formula is C29H31F3N2O2. The molecule has 0 bridgehead atoms. The van der Waals surface area contributed by atoms with E-state index < -0.39 is 23.2 Å². The summed E-state index contributed by atoms with van der Waals surface area (Å²) in [5, 5.41) is 2.68. The Bertz CT molecular complexity index is 1200. The fourth-order valence-corrected chi connectivity index (χ4v) is 4.84. The van der Waals surface area contributed by atoms with Crippen molar-refractivity contribution in [2.24, 2.45) is 0 Å². The van der Waals surface area contributed by atoms with Gasteiger partial charge in [-0.15, -0.1) is 0 Å². The molecule has 1 saturated heterocycles. The monoisotopic (exact) mass is 496 g/mol. The van der Waals surface area contributed by atoms with Crippen LogP contribution >= 0.6 is 0 Å². The highest BCUT2D eigenvalue weighted by molar-refractivity contribution is 6.06. The van der Waals surface area contributed by atoms with Crippen LogP contribution in [0.15, 0.2) is 66.7 Å². The molecule has 1 aliphatic heterocycles. The van der Waals surface area contributed by atoms with E-state index in [9.17, 15) is 18.0 Å². The van der Waals surface area contributed by atoms with Crippen molar-refractivity contribution < 1.29 is 22.7 Å². The number of rotatable bonds is 6. The molecule has 1 amide bonds. The smallest absolute Gasteiger partial charge is 0.417 e. The van der Waals surface area contributed by atoms with Crippen LogP contribution in [-0.2, 0) is 6.18 Å². The van der Waals surface area contributed by atoms with Crippen molar-refractivity contribution in [1.82, 2.24) is 4.90 Å². The first-order chi connectivity index (χ1) is 17.2. The summed E-state index contributed by atoms with van der Waals surface area (Å²) in [6.07, 6.45) is -2.77. The van der Waals surface area contributed by atoms with Crippen LogP contribution in [0.1, 0.15) is 54.1 Å². The number of hydrogen-bond donors (Lipinski definition) is 1. The number of hydrogen-bond acceptors (Lipinski definition) is 3. The van der Waals surface area contributed by atoms with Gasteiger partial charge in [0.05, 0.1) is 18.2 Å². The number of halogens is 3. The second kappa shape index (κ2) is 10.7. The molecule has 0 aromatic heterocycles. The number of anilines is 1. The molecular weight excluding hydrogens is 465 g/mol. The molecule has 1 fully saturated rings. The van der Waals surface area contributed by atoms with E-state index in [-0.39, 0.29) is 5.92 Å². The van der Waals surface area contributed by atoms with Gasteiger partial charge in [-0.2, -0.15) is 13.2 Å². The van der Waals surface area contributed by atoms with Gasteiger partial charge in [-0.25, -0.2) is 0 Å². The first kappa shape index (κ1) is 25.8. The largest absolute Gasteiger partial charge is 0.496 e. The molecule has 4 rings (SSSR count). The molecule has 0 unspecified atom stereocenters. The SMILES string of the molecule is COc1ccc(NC(=O)c2ccc(-c3ccccc3)cc2C(F)(F)F)cc1C1CCN(C(C)C)CC1. The van der Waals surface area contributed by atoms with Crippen LogP contribution in [-0.4, -0.2) is 37.0 Å². The Balaban J connectivity index is 1.59. The van der Waals surface area contributed by atoms with Gasteiger partial charge in [0.25, 0.3) is 5.91 Å². The average Bonchev–Trinajstić information content (AvgIpc) is 2.88. The molecule has 0 aliphatic carbocycles. The molecule has 1 N–H and O–H groups in total. The predicted molar refractivity (Wildman–Crippen MR) is 137 cm³/mol. The minimum absolute atomic E-state index is 0.252. The topological polar surface area (TPSA) is 41.6 Å². The van der Waals surface area contributed by atoms with Crippen LogP contribution in [0, 0.1) is 0 Å². The lowest BCUT2D eigenvalue weighted by molar-refractivity contribution is -0.137. The highest BCUT2D eigenvalue weighted by Gasteiger charge is 2.36. The quantitative estimate of drug-likeness (QED) is 0.392. The minimum Gasteiger partial charge on any atom is -0.496 e. The van der Waals surface area contributed by atoms with Gasteiger partial charge < -0.3 is 15.0 Å². The summed E-state index contributed by atoms with van der Waals surface area (Å²) in [7, 11) is 1.60. The van der Waals surface area contributed by atoms with Crippen LogP contribution < -0.4 is 10.1 Å². The third-order valence-electron chi connectivity index (χ3n) is 6.86. The predicted octanol–water partition coefficient (Wildman–Crippen LogP) is 7.22. The summed E-state index contributed by atoms with van der Waals surface area (Å²) in [5.41, 5.74) is 1.09. The average molecular weight is 497 g/mol. The third kappa shape index (κ3) is 5.73. The van der Waals surface area contributed by atoms with Gasteiger partial charge in [-0.3, -0.25) is 4.79 Å². The molecule has 190 valence electrons. The Hall–Kier alpha value is -3.32. The lowest BCUT2D eigenvalue weighted by Crippen LogP contribution is -2.37. The zero-order valence-electron chi connectivity index (χ0n) is 20.7. The van der Waals surface area contributed by atoms with Gasteiger partial charge >= 0.3 is 6.18 Å². The Morgan fingerprint density at radius 3 is 2.28 bits per heavy atom. The van der Waals surface area contributed by atoms with Crippen LogP contribution in [0.2, 0.25) is 0 Å². The van der Waals surface area contributed by atoms with Gasteiger partial charge in [-0.1, -0.05) is 36.4 Å². The van der Waals surface area contributed by atoms with Crippen molar-refractivity contribution in [3.8, 4) is 16.9 Å². The van der Waals surface area contributed by atoms with E-state index in [0.717, 1.165) is 43.3 Å². The first-order valence-electron chi connectivity index (χ1n) is 12.2. The van der Waals surface area contributed by atoms with E-state index in [4.69, 9.17) is 4.74 Å². The van der Waals surface area contributed by atoms with Crippen molar-refractivity contribution in [1.29, 1.82) is 0 Å². The Morgan fingerprint density at radius 2 is 1.67 bits per heavy atom. The Morgan fingerprint density at radius 1 is 0.972 bits per heavy atom. The second-order valence-corrected chi connectivity index (χ2v) is 9.44. The lowest BCUT2D eigenvalue weighted by atomic mass is 9.88. The summed E-state index contributed by atoms with van der Waals surface area (Å²) in [4.78, 5) is 15.5. The van der Waals surface area contributed by atoms with Crippen molar-refractivity contribution in [3.63, 3.8) is 0 Å². The van der Waals surface area contributed by atoms with Gasteiger partial charge in [0.15, 0.2) is 0 Å². The summed E-state index contributed by atoms with van der Waals surface area (Å²) >= 11 is 0. The van der Waals surface area contributed by atoms with Gasteiger partial charge in [-0.05, 0) is 92.7 Å². The number of carbonyl (C=O) groups is 1. The van der Waals surface area contributed by atoms with Crippen molar-refractivity contribution >= 4 is 11.6 Å². The number of benzene rings is 3. The molecule has 1 aliphatic rings. The highest BCUT2D eigenvalue weighted by atomic mass is 19.4. The van der Waals surface area contributed by atoms with Crippen LogP contribution in [0.4, 0.5) is 18.9 Å². The lowest BCUT2D eigenvalue weighted by Gasteiger charge is -2.35. The normalized spacial score (nSPS) is 15.2. The van der Waals surface area contributed by atoms with Crippen LogP contribution in [0.25, 0.3) is 11.1 Å². The minimum atomic E-state index is -4.67. The van der Waals surface area contributed by atoms with E-state index in [0.29, 0.717) is 22.9 Å². The molecule has 36 heavy (non-hydrogen) atoms. The number of piperidine rings is 1. The Labute approximate surface area is 210 Å². The molecule has 0 radical (unpaired) electrons. The molecule has 3 aromatic rings. The number of methoxy groups -OCH3 is 1. The molecule has 0 atom stereocenters. The first-order valence-corrected chi connectivity index (χ1v) is 12.2. The van der Waals surface area contributed by atoms with E-state index in [1.165, 1.54) is 6.07 Å². The number of likely N-dealkylation sites (tertiary alicyclic amines) is 1. The van der Waals surface area contributed by atoms with Crippen LogP contribution in [0.3, 0.4) is 0 Å². The number of alkyl halides is 3. The molecule has 4 nitrogen and oxygen atoms in total. The number of ether oxygens (including phenoxy) is 1. The van der Waals surface area contributed by atoms with Crippen molar-refractivity contribution in [2.45, 2.75) is 44.8 Å². The molecule has 3 aromatic carbocycles. The van der Waals surface area contributed by atoms with Crippen molar-refractivity contribution in [3.05, 3.63) is 83.4 Å². The maximum atomic E-state index is 13.9. The zero-order valence-corrected chi connectivity index (χ0v) is 20.7. The number of nitrogens with zero attached hydrogens (tertiary/aromatic N) is 1. The van der Waals surface area contributed by atoms with Gasteiger partial charge in [0.2, 0.25) is 0 Å². The number of carbonyl (C=O) groups excluding carboxylic acids is 1. The fraction of sp³-hybridized carbons (Fsp3) is 0.345. The van der Waals surface area contributed by atoms with E-state index in [1.54, 1.807) is 55.6 Å². The standard InChI is InChI=1S/C29H31F3N2O2/c1-19(2)34-15-13-21(14-16-34)25-18-23(10-12-27(25)36-3)33-28(35)24-11-9-22(17-26(24)29(30,31)32)20-7-5-4-6-8-20/h4-12,17-19,21H,13-16H2,1-3H3,(H,33,35). The zero-order chi connectivity index (χ0) is 25.9. The summed E-state index contributed by atoms with van der Waals surface area (Å²) in [5.74, 6) is 0.176. The molecule has 1 heterocycles.